The molecule has 0 aliphatic heterocycles. The fraction of sp³-hybridized carbons (Fsp3) is 0.143. The second kappa shape index (κ2) is 18.2. The quantitative estimate of drug-likeness (QED) is 0.593. The van der Waals surface area contributed by atoms with Crippen LogP contribution in [0.15, 0.2) is 53.4 Å². The van der Waals surface area contributed by atoms with E-state index in [1.807, 2.05) is 31.1 Å². The van der Waals surface area contributed by atoms with Crippen LogP contribution in [0, 0.1) is 0 Å². The molecule has 21 heavy (non-hydrogen) atoms. The molecule has 0 aliphatic rings. The summed E-state index contributed by atoms with van der Waals surface area (Å²) in [6, 6.07) is 9.22. The molecule has 0 fully saturated rings. The molecule has 2 aromatic rings. The normalized spacial score (nSPS) is 7.57. The molecule has 0 saturated carbocycles. The van der Waals surface area contributed by atoms with Gasteiger partial charge in [-0.3, -0.25) is 9.78 Å². The number of carbonyl (C=O) groups is 2. The van der Waals surface area contributed by atoms with E-state index in [1.165, 1.54) is 0 Å². The second-order valence-corrected chi connectivity index (χ2v) is 4.18. The summed E-state index contributed by atoms with van der Waals surface area (Å²) in [6.45, 7) is 4.66. The molecule has 2 aromatic heterocycles. The van der Waals surface area contributed by atoms with Gasteiger partial charge in [0, 0.05) is 23.1 Å². The zero-order valence-electron chi connectivity index (χ0n) is 11.5. The number of hydrogen-bond donors (Lipinski definition) is 0. The van der Waals surface area contributed by atoms with Gasteiger partial charge in [-0.25, -0.2) is 4.98 Å². The fourth-order valence-electron chi connectivity index (χ4n) is 0.752. The monoisotopic (exact) mass is 374 g/mol. The Labute approximate surface area is 137 Å². The lowest BCUT2D eigenvalue weighted by molar-refractivity contribution is -0.128. The van der Waals surface area contributed by atoms with Crippen molar-refractivity contribution in [2.45, 2.75) is 6.92 Å². The van der Waals surface area contributed by atoms with Crippen molar-refractivity contribution in [2.24, 2.45) is 0 Å². The molecule has 2 rings (SSSR count). The van der Waals surface area contributed by atoms with Crippen LogP contribution in [-0.2, 0) is 14.3 Å². The van der Waals surface area contributed by atoms with Crippen LogP contribution in [0.5, 0.6) is 0 Å². The average molecular weight is 376 g/mol. The largest absolute Gasteiger partial charge is 0.468 e. The van der Waals surface area contributed by atoms with E-state index in [9.17, 15) is 4.79 Å². The van der Waals surface area contributed by atoms with Gasteiger partial charge in [0.25, 0.3) is 6.47 Å². The molecule has 7 heteroatoms. The van der Waals surface area contributed by atoms with Gasteiger partial charge in [-0.2, -0.15) is 0 Å². The Balaban J connectivity index is 0. The molecular weight excluding hydrogens is 360 g/mol. The number of halogens is 2. The van der Waals surface area contributed by atoms with Crippen LogP contribution < -0.4 is 0 Å². The first-order valence-electron chi connectivity index (χ1n) is 5.66. The minimum atomic E-state index is 0.431. The van der Waals surface area contributed by atoms with Gasteiger partial charge < -0.3 is 9.53 Å². The first kappa shape index (κ1) is 21.5. The van der Waals surface area contributed by atoms with Crippen molar-refractivity contribution < 1.29 is 14.3 Å². The topological polar surface area (TPSA) is 69.2 Å². The van der Waals surface area contributed by atoms with E-state index < -0.39 is 0 Å². The first-order chi connectivity index (χ1) is 10.2. The summed E-state index contributed by atoms with van der Waals surface area (Å²) in [5, 5.41) is 0.544. The average Bonchev–Trinajstić information content (AvgIpc) is 2.53. The lowest BCUT2D eigenvalue weighted by atomic mass is 10.5. The predicted octanol–water partition coefficient (Wildman–Crippen LogP) is 3.57. The van der Waals surface area contributed by atoms with Crippen LogP contribution in [0.1, 0.15) is 6.92 Å². The molecular formula is C14H16BrClN2O3. The summed E-state index contributed by atoms with van der Waals surface area (Å²) in [6.07, 6.45) is 5.15. The molecule has 2 heterocycles. The van der Waals surface area contributed by atoms with E-state index in [0.717, 1.165) is 4.47 Å². The Hall–Kier alpha value is -1.79. The van der Waals surface area contributed by atoms with Crippen molar-refractivity contribution in [2.75, 3.05) is 6.61 Å². The van der Waals surface area contributed by atoms with E-state index in [1.54, 1.807) is 31.6 Å². The molecule has 0 aromatic carbocycles. The van der Waals surface area contributed by atoms with E-state index >= 15 is 0 Å². The highest BCUT2D eigenvalue weighted by atomic mass is 79.9. The summed E-state index contributed by atoms with van der Waals surface area (Å²) in [4.78, 5) is 24.8. The van der Waals surface area contributed by atoms with Crippen LogP contribution in [-0.4, -0.2) is 29.8 Å². The van der Waals surface area contributed by atoms with Crippen LogP contribution in [0.3, 0.4) is 0 Å². The van der Waals surface area contributed by atoms with E-state index in [0.29, 0.717) is 18.2 Å². The van der Waals surface area contributed by atoms with Gasteiger partial charge >= 0.3 is 0 Å². The molecule has 0 saturated heterocycles. The lowest BCUT2D eigenvalue weighted by Crippen LogP contribution is -1.80. The molecule has 0 unspecified atom stereocenters. The maximum Gasteiger partial charge on any atom is 0.293 e. The van der Waals surface area contributed by atoms with Gasteiger partial charge in [-0.15, -0.1) is 0 Å². The number of nitrogens with zero attached hydrogens (tertiary/aromatic N) is 2. The second-order valence-electron chi connectivity index (χ2n) is 2.88. The summed E-state index contributed by atoms with van der Waals surface area (Å²) >= 11 is 8.68. The van der Waals surface area contributed by atoms with Crippen molar-refractivity contribution >= 4 is 40.8 Å². The Kier molecular flexibility index (Phi) is 18.6. The molecule has 0 bridgehead atoms. The number of rotatable bonds is 2. The Morgan fingerprint density at radius 1 is 1.29 bits per heavy atom. The third-order valence-electron chi connectivity index (χ3n) is 1.49. The van der Waals surface area contributed by atoms with E-state index in [4.69, 9.17) is 16.4 Å². The fourth-order valence-corrected chi connectivity index (χ4v) is 1.15. The molecule has 5 nitrogen and oxygen atoms in total. The zero-order chi connectivity index (χ0) is 16.3. The predicted molar refractivity (Wildman–Crippen MR) is 86.0 cm³/mol. The number of ether oxygens (including phenoxy) is 1. The number of hydrogen-bond acceptors (Lipinski definition) is 5. The van der Waals surface area contributed by atoms with Crippen molar-refractivity contribution in [3.8, 4) is 0 Å². The van der Waals surface area contributed by atoms with Gasteiger partial charge in [0.2, 0.25) is 0 Å². The summed E-state index contributed by atoms with van der Waals surface area (Å²) in [5.74, 6) is 0. The van der Waals surface area contributed by atoms with Crippen molar-refractivity contribution in [1.82, 2.24) is 9.97 Å². The van der Waals surface area contributed by atoms with Gasteiger partial charge in [0.15, 0.2) is 0 Å². The number of pyridine rings is 2. The third kappa shape index (κ3) is 18.2. The van der Waals surface area contributed by atoms with Gasteiger partial charge in [-0.05, 0) is 47.1 Å². The van der Waals surface area contributed by atoms with E-state index in [-0.39, 0.29) is 0 Å². The summed E-state index contributed by atoms with van der Waals surface area (Å²) < 4.78 is 5.18. The molecule has 0 radical (unpaired) electrons. The van der Waals surface area contributed by atoms with Crippen molar-refractivity contribution in [1.29, 1.82) is 0 Å². The van der Waals surface area contributed by atoms with Gasteiger partial charge in [0.1, 0.15) is 11.9 Å². The summed E-state index contributed by atoms with van der Waals surface area (Å²) in [7, 11) is 0. The number of carbonyl (C=O) groups excluding carboxylic acids is 2. The SMILES string of the molecule is Brc1cccnc1.C=O.CCOC=O.Clc1ccccn1. The standard InChI is InChI=1S/C5H4BrN.C5H4ClN.C3H6O2.CH2O/c6-5-2-1-3-7-4-5;6-5-3-1-2-4-7-5;1-2-5-3-4;1-2/h2*1-4H;3H,2H2,1H3;1H2. The van der Waals surface area contributed by atoms with Gasteiger partial charge in [0.05, 0.1) is 6.61 Å². The highest BCUT2D eigenvalue weighted by molar-refractivity contribution is 9.10. The highest BCUT2D eigenvalue weighted by Crippen LogP contribution is 2.03. The Morgan fingerprint density at radius 3 is 2.19 bits per heavy atom. The minimum Gasteiger partial charge on any atom is -0.468 e. The van der Waals surface area contributed by atoms with Crippen LogP contribution in [0.2, 0.25) is 5.15 Å². The minimum absolute atomic E-state index is 0.431. The molecule has 0 amide bonds. The number of aromatic nitrogens is 2. The summed E-state index contributed by atoms with van der Waals surface area (Å²) in [5.41, 5.74) is 0. The lowest BCUT2D eigenvalue weighted by Gasteiger charge is -1.80. The first-order valence-corrected chi connectivity index (χ1v) is 6.84. The van der Waals surface area contributed by atoms with E-state index in [2.05, 4.69) is 30.6 Å². The molecule has 0 atom stereocenters. The molecule has 0 N–H and O–H groups in total. The third-order valence-corrected chi connectivity index (χ3v) is 2.18. The van der Waals surface area contributed by atoms with Crippen LogP contribution >= 0.6 is 27.5 Å². The van der Waals surface area contributed by atoms with Gasteiger partial charge in [-0.1, -0.05) is 17.7 Å². The zero-order valence-corrected chi connectivity index (χ0v) is 13.8. The van der Waals surface area contributed by atoms with Crippen molar-refractivity contribution in [3.05, 3.63) is 58.5 Å². The van der Waals surface area contributed by atoms with Crippen LogP contribution in [0.25, 0.3) is 0 Å². The maximum atomic E-state index is 9.18. The van der Waals surface area contributed by atoms with Crippen molar-refractivity contribution in [3.63, 3.8) is 0 Å². The Morgan fingerprint density at radius 2 is 2.00 bits per heavy atom. The molecule has 0 aliphatic carbocycles. The molecule has 0 spiro atoms. The smallest absolute Gasteiger partial charge is 0.293 e. The Bertz CT molecular complexity index is 409. The highest BCUT2D eigenvalue weighted by Gasteiger charge is 1.76. The maximum absolute atomic E-state index is 9.18. The molecule has 114 valence electrons. The van der Waals surface area contributed by atoms with Crippen LogP contribution in [0.4, 0.5) is 0 Å².